The number of likely N-dealkylation sites (N-methyl/N-ethyl adjacent to an activating group) is 1. The van der Waals surface area contributed by atoms with Crippen LogP contribution in [0.25, 0.3) is 5.69 Å². The molecule has 0 fully saturated rings. The quantitative estimate of drug-likeness (QED) is 0.657. The number of para-hydroxylation sites is 2. The molecule has 7 heteroatoms. The summed E-state index contributed by atoms with van der Waals surface area (Å²) in [5.74, 6) is -0.144. The minimum Gasteiger partial charge on any atom is -0.324 e. The Kier molecular flexibility index (Phi) is 6.16. The van der Waals surface area contributed by atoms with Crippen molar-refractivity contribution < 1.29 is 4.79 Å². The number of aromatic nitrogens is 2. The van der Waals surface area contributed by atoms with Gasteiger partial charge >= 0.3 is 0 Å². The summed E-state index contributed by atoms with van der Waals surface area (Å²) < 4.78 is 1.71. The molecule has 0 aliphatic carbocycles. The summed E-state index contributed by atoms with van der Waals surface area (Å²) in [7, 11) is 1.86. The molecule has 27 heavy (non-hydrogen) atoms. The van der Waals surface area contributed by atoms with E-state index in [1.807, 2.05) is 61.3 Å². The lowest BCUT2D eigenvalue weighted by Gasteiger charge is -2.16. The molecule has 0 spiro atoms. The highest BCUT2D eigenvalue weighted by molar-refractivity contribution is 6.33. The molecule has 3 aromatic rings. The van der Waals surface area contributed by atoms with Crippen LogP contribution < -0.4 is 5.32 Å². The summed E-state index contributed by atoms with van der Waals surface area (Å²) >= 11 is 12.6. The Morgan fingerprint density at radius 3 is 2.48 bits per heavy atom. The van der Waals surface area contributed by atoms with Crippen LogP contribution in [0.3, 0.4) is 0 Å². The zero-order valence-corrected chi connectivity index (χ0v) is 16.6. The van der Waals surface area contributed by atoms with Crippen molar-refractivity contribution >= 4 is 34.8 Å². The maximum atomic E-state index is 12.3. The second-order valence-electron chi connectivity index (χ2n) is 6.30. The molecule has 2 aromatic carbocycles. The fourth-order valence-corrected chi connectivity index (χ4v) is 3.29. The van der Waals surface area contributed by atoms with Crippen LogP contribution in [0.4, 0.5) is 5.69 Å². The molecule has 0 radical (unpaired) electrons. The number of nitrogens with zero attached hydrogens (tertiary/aromatic N) is 3. The van der Waals surface area contributed by atoms with Crippen molar-refractivity contribution in [2.45, 2.75) is 13.5 Å². The molecule has 0 aliphatic rings. The molecule has 1 N–H and O–H groups in total. The van der Waals surface area contributed by atoms with Gasteiger partial charge in [-0.15, -0.1) is 0 Å². The van der Waals surface area contributed by atoms with E-state index in [9.17, 15) is 4.79 Å². The maximum absolute atomic E-state index is 12.3. The van der Waals surface area contributed by atoms with E-state index in [-0.39, 0.29) is 12.5 Å². The molecule has 0 aliphatic heterocycles. The van der Waals surface area contributed by atoms with E-state index in [0.717, 1.165) is 16.9 Å². The number of rotatable bonds is 6. The number of carbonyl (C=O) groups excluding carboxylic acids is 1. The summed E-state index contributed by atoms with van der Waals surface area (Å²) in [6, 6.07) is 16.9. The van der Waals surface area contributed by atoms with E-state index in [2.05, 4.69) is 10.4 Å². The first kappa shape index (κ1) is 19.4. The second kappa shape index (κ2) is 8.57. The van der Waals surface area contributed by atoms with Crippen molar-refractivity contribution in [1.82, 2.24) is 14.7 Å². The van der Waals surface area contributed by atoms with Crippen molar-refractivity contribution in [1.29, 1.82) is 0 Å². The highest BCUT2D eigenvalue weighted by Crippen LogP contribution is 2.25. The average Bonchev–Trinajstić information content (AvgIpc) is 2.92. The van der Waals surface area contributed by atoms with Gasteiger partial charge in [0.2, 0.25) is 5.91 Å². The van der Waals surface area contributed by atoms with Crippen LogP contribution >= 0.6 is 23.2 Å². The van der Waals surface area contributed by atoms with E-state index < -0.39 is 0 Å². The van der Waals surface area contributed by atoms with Gasteiger partial charge in [0.15, 0.2) is 0 Å². The van der Waals surface area contributed by atoms with Crippen LogP contribution in [0.5, 0.6) is 0 Å². The third kappa shape index (κ3) is 4.69. The van der Waals surface area contributed by atoms with Gasteiger partial charge in [0.1, 0.15) is 5.15 Å². The van der Waals surface area contributed by atoms with Crippen LogP contribution in [0.15, 0.2) is 54.6 Å². The van der Waals surface area contributed by atoms with Gasteiger partial charge in [0.25, 0.3) is 0 Å². The van der Waals surface area contributed by atoms with Crippen molar-refractivity contribution in [3.05, 3.63) is 76.0 Å². The lowest BCUT2D eigenvalue weighted by molar-refractivity contribution is -0.117. The summed E-state index contributed by atoms with van der Waals surface area (Å²) in [5.41, 5.74) is 3.23. The number of carbonyl (C=O) groups is 1. The Labute approximate surface area is 168 Å². The topological polar surface area (TPSA) is 50.2 Å². The monoisotopic (exact) mass is 402 g/mol. The molecule has 3 rings (SSSR count). The van der Waals surface area contributed by atoms with Gasteiger partial charge < -0.3 is 5.32 Å². The predicted octanol–water partition coefficient (Wildman–Crippen LogP) is 4.56. The largest absolute Gasteiger partial charge is 0.324 e. The Morgan fingerprint density at radius 2 is 1.78 bits per heavy atom. The molecule has 0 saturated carbocycles. The molecule has 0 unspecified atom stereocenters. The molecule has 5 nitrogen and oxygen atoms in total. The average molecular weight is 403 g/mol. The Bertz CT molecular complexity index is 940. The number of halogens is 2. The number of hydrogen-bond acceptors (Lipinski definition) is 3. The summed E-state index contributed by atoms with van der Waals surface area (Å²) in [5, 5.41) is 8.42. The molecule has 140 valence electrons. The number of aryl methyl sites for hydroxylation is 1. The Hall–Kier alpha value is -2.34. The minimum absolute atomic E-state index is 0.144. The van der Waals surface area contributed by atoms with Crippen molar-refractivity contribution in [2.24, 2.45) is 0 Å². The molecule has 1 heterocycles. The highest BCUT2D eigenvalue weighted by Gasteiger charge is 2.17. The van der Waals surface area contributed by atoms with Gasteiger partial charge in [0, 0.05) is 12.1 Å². The second-order valence-corrected chi connectivity index (χ2v) is 7.07. The number of hydrogen-bond donors (Lipinski definition) is 1. The van der Waals surface area contributed by atoms with Crippen molar-refractivity contribution in [2.75, 3.05) is 18.9 Å². The van der Waals surface area contributed by atoms with E-state index in [1.165, 1.54) is 0 Å². The molecule has 1 amide bonds. The van der Waals surface area contributed by atoms with Gasteiger partial charge in [-0.2, -0.15) is 5.10 Å². The van der Waals surface area contributed by atoms with E-state index in [0.29, 0.717) is 22.4 Å². The summed E-state index contributed by atoms with van der Waals surface area (Å²) in [6.45, 7) is 2.63. The van der Waals surface area contributed by atoms with E-state index in [4.69, 9.17) is 23.2 Å². The van der Waals surface area contributed by atoms with Gasteiger partial charge in [-0.05, 0) is 38.2 Å². The van der Waals surface area contributed by atoms with Gasteiger partial charge in [0.05, 0.1) is 28.6 Å². The SMILES string of the molecule is Cc1nn(-c2ccccc2)c(Cl)c1CN(C)CC(=O)Nc1ccccc1Cl. The predicted molar refractivity (Wildman–Crippen MR) is 110 cm³/mol. The first-order valence-electron chi connectivity index (χ1n) is 8.48. The smallest absolute Gasteiger partial charge is 0.238 e. The zero-order valence-electron chi connectivity index (χ0n) is 15.1. The molecular weight excluding hydrogens is 383 g/mol. The normalized spacial score (nSPS) is 11.0. The van der Waals surface area contributed by atoms with E-state index >= 15 is 0 Å². The third-order valence-corrected chi connectivity index (χ3v) is 4.83. The van der Waals surface area contributed by atoms with Crippen LogP contribution in [0, 0.1) is 6.92 Å². The zero-order chi connectivity index (χ0) is 19.4. The molecule has 1 aromatic heterocycles. The Morgan fingerprint density at radius 1 is 1.11 bits per heavy atom. The lowest BCUT2D eigenvalue weighted by Crippen LogP contribution is -2.30. The summed E-state index contributed by atoms with van der Waals surface area (Å²) in [6.07, 6.45) is 0. The molecule has 0 saturated heterocycles. The lowest BCUT2D eigenvalue weighted by atomic mass is 10.2. The molecule has 0 bridgehead atoms. The molecule has 0 atom stereocenters. The fraction of sp³-hybridized carbons (Fsp3) is 0.200. The fourth-order valence-electron chi connectivity index (χ4n) is 2.77. The summed E-state index contributed by atoms with van der Waals surface area (Å²) in [4.78, 5) is 14.2. The van der Waals surface area contributed by atoms with E-state index in [1.54, 1.807) is 16.8 Å². The van der Waals surface area contributed by atoms with Crippen molar-refractivity contribution in [3.63, 3.8) is 0 Å². The highest BCUT2D eigenvalue weighted by atomic mass is 35.5. The van der Waals surface area contributed by atoms with Gasteiger partial charge in [-0.1, -0.05) is 53.5 Å². The maximum Gasteiger partial charge on any atom is 0.238 e. The third-order valence-electron chi connectivity index (χ3n) is 4.11. The van der Waals surface area contributed by atoms with Gasteiger partial charge in [-0.25, -0.2) is 4.68 Å². The van der Waals surface area contributed by atoms with Gasteiger partial charge in [-0.3, -0.25) is 9.69 Å². The number of benzene rings is 2. The first-order valence-corrected chi connectivity index (χ1v) is 9.23. The first-order chi connectivity index (χ1) is 13.0. The van der Waals surface area contributed by atoms with Crippen LogP contribution in [-0.4, -0.2) is 34.2 Å². The minimum atomic E-state index is -0.144. The van der Waals surface area contributed by atoms with Crippen LogP contribution in [0.2, 0.25) is 10.2 Å². The van der Waals surface area contributed by atoms with Crippen molar-refractivity contribution in [3.8, 4) is 5.69 Å². The van der Waals surface area contributed by atoms with Crippen LogP contribution in [-0.2, 0) is 11.3 Å². The standard InChI is InChI=1S/C20H20Cl2N4O/c1-14-16(20(22)26(24-14)15-8-4-3-5-9-15)12-25(2)13-19(27)23-18-11-7-6-10-17(18)21/h3-11H,12-13H2,1-2H3,(H,23,27). The van der Waals surface area contributed by atoms with Crippen LogP contribution in [0.1, 0.15) is 11.3 Å². The Balaban J connectivity index is 1.68. The number of amides is 1. The molecular formula is C20H20Cl2N4O. The number of nitrogens with one attached hydrogen (secondary N) is 1. The number of anilines is 1.